The summed E-state index contributed by atoms with van der Waals surface area (Å²) in [5, 5.41) is 2.44. The molecule has 1 aromatic heterocycles. The molecule has 1 atom stereocenters. The van der Waals surface area contributed by atoms with Crippen molar-refractivity contribution in [3.63, 3.8) is 0 Å². The van der Waals surface area contributed by atoms with Gasteiger partial charge in [0.25, 0.3) is 0 Å². The highest BCUT2D eigenvalue weighted by molar-refractivity contribution is 6.34. The minimum Gasteiger partial charge on any atom is -0.335 e. The summed E-state index contributed by atoms with van der Waals surface area (Å²) in [6, 6.07) is 9.42. The van der Waals surface area contributed by atoms with Gasteiger partial charge in [-0.3, -0.25) is 4.79 Å². The van der Waals surface area contributed by atoms with Crippen molar-refractivity contribution in [2.24, 2.45) is 5.73 Å². The Morgan fingerprint density at radius 2 is 2.21 bits per heavy atom. The Kier molecular flexibility index (Phi) is 3.12. The fraction of sp³-hybridized carbons (Fsp3) is 0.286. The molecule has 98 valence electrons. The van der Waals surface area contributed by atoms with E-state index < -0.39 is 0 Å². The van der Waals surface area contributed by atoms with Crippen LogP contribution in [-0.2, 0) is 11.3 Å². The van der Waals surface area contributed by atoms with Crippen LogP contribution in [0.15, 0.2) is 30.3 Å². The van der Waals surface area contributed by atoms with Gasteiger partial charge in [-0.05, 0) is 17.9 Å². The number of fused-ring (bicyclic) bond motifs is 1. The number of rotatable bonds is 2. The van der Waals surface area contributed by atoms with Crippen LogP contribution in [0.4, 0.5) is 0 Å². The molecule has 1 aromatic carbocycles. The molecular weight excluding hydrogens is 262 g/mol. The van der Waals surface area contributed by atoms with E-state index in [-0.39, 0.29) is 11.9 Å². The fourth-order valence-corrected chi connectivity index (χ4v) is 2.69. The third-order valence-corrected chi connectivity index (χ3v) is 3.73. The predicted octanol–water partition coefficient (Wildman–Crippen LogP) is 1.95. The van der Waals surface area contributed by atoms with Gasteiger partial charge < -0.3 is 10.6 Å². The summed E-state index contributed by atoms with van der Waals surface area (Å²) in [6.07, 6.45) is 0.708. The lowest BCUT2D eigenvalue weighted by molar-refractivity contribution is -0.129. The standard InChI is InChI=1S/C14H14ClN3O/c15-13-11-4-2-1-3-9(11)7-10(17-13)8-18-6-5-12(16)14(18)19/h1-4,7,12H,5-6,8,16H2/t12-/m0/s1. The molecule has 0 unspecified atom stereocenters. The minimum absolute atomic E-state index is 0.00826. The number of hydrogen-bond acceptors (Lipinski definition) is 3. The van der Waals surface area contributed by atoms with Crippen molar-refractivity contribution in [1.82, 2.24) is 9.88 Å². The van der Waals surface area contributed by atoms with E-state index in [2.05, 4.69) is 4.98 Å². The molecule has 5 heteroatoms. The van der Waals surface area contributed by atoms with Crippen LogP contribution in [0.3, 0.4) is 0 Å². The van der Waals surface area contributed by atoms with Gasteiger partial charge in [-0.25, -0.2) is 4.98 Å². The normalized spacial score (nSPS) is 19.4. The summed E-state index contributed by atoms with van der Waals surface area (Å²) in [7, 11) is 0. The first-order valence-corrected chi connectivity index (χ1v) is 6.61. The number of nitrogens with zero attached hydrogens (tertiary/aromatic N) is 2. The number of nitrogens with two attached hydrogens (primary N) is 1. The van der Waals surface area contributed by atoms with Crippen LogP contribution < -0.4 is 5.73 Å². The van der Waals surface area contributed by atoms with E-state index in [4.69, 9.17) is 17.3 Å². The maximum atomic E-state index is 11.8. The first-order chi connectivity index (χ1) is 9.15. The topological polar surface area (TPSA) is 59.2 Å². The summed E-state index contributed by atoms with van der Waals surface area (Å²) in [4.78, 5) is 17.9. The van der Waals surface area contributed by atoms with Crippen molar-refractivity contribution < 1.29 is 4.79 Å². The number of carbonyl (C=O) groups excluding carboxylic acids is 1. The summed E-state index contributed by atoms with van der Waals surface area (Å²) in [5.74, 6) is -0.00826. The Bertz CT molecular complexity index is 644. The van der Waals surface area contributed by atoms with E-state index >= 15 is 0 Å². The molecule has 2 heterocycles. The Morgan fingerprint density at radius 3 is 2.95 bits per heavy atom. The molecule has 3 rings (SSSR count). The van der Waals surface area contributed by atoms with Gasteiger partial charge in [0.15, 0.2) is 0 Å². The van der Waals surface area contributed by atoms with Gasteiger partial charge in [0.2, 0.25) is 5.91 Å². The molecule has 1 fully saturated rings. The Labute approximate surface area is 116 Å². The molecular formula is C14H14ClN3O. The van der Waals surface area contributed by atoms with E-state index in [9.17, 15) is 4.79 Å². The second kappa shape index (κ2) is 4.79. The number of pyridine rings is 1. The molecule has 2 N–H and O–H groups in total. The third kappa shape index (κ3) is 2.29. The van der Waals surface area contributed by atoms with Gasteiger partial charge in [0, 0.05) is 11.9 Å². The number of amides is 1. The molecule has 0 radical (unpaired) electrons. The molecule has 0 spiro atoms. The summed E-state index contributed by atoms with van der Waals surface area (Å²) in [6.45, 7) is 1.16. The van der Waals surface area contributed by atoms with Crippen molar-refractivity contribution in [1.29, 1.82) is 0 Å². The Hall–Kier alpha value is -1.65. The van der Waals surface area contributed by atoms with Crippen LogP contribution in [0.1, 0.15) is 12.1 Å². The molecule has 0 aliphatic carbocycles. The van der Waals surface area contributed by atoms with E-state index in [1.807, 2.05) is 30.3 Å². The maximum absolute atomic E-state index is 11.8. The van der Waals surface area contributed by atoms with Crippen LogP contribution in [0.5, 0.6) is 0 Å². The van der Waals surface area contributed by atoms with E-state index in [1.54, 1.807) is 4.90 Å². The highest BCUT2D eigenvalue weighted by atomic mass is 35.5. The van der Waals surface area contributed by atoms with Gasteiger partial charge in [-0.1, -0.05) is 35.9 Å². The smallest absolute Gasteiger partial charge is 0.239 e. The van der Waals surface area contributed by atoms with Crippen LogP contribution in [0.25, 0.3) is 10.8 Å². The largest absolute Gasteiger partial charge is 0.335 e. The summed E-state index contributed by atoms with van der Waals surface area (Å²) >= 11 is 6.17. The SMILES string of the molecule is N[C@H]1CCN(Cc2cc3ccccc3c(Cl)n2)C1=O. The lowest BCUT2D eigenvalue weighted by atomic mass is 10.1. The van der Waals surface area contributed by atoms with E-state index in [1.165, 1.54) is 0 Å². The monoisotopic (exact) mass is 275 g/mol. The van der Waals surface area contributed by atoms with Gasteiger partial charge in [-0.2, -0.15) is 0 Å². The highest BCUT2D eigenvalue weighted by Crippen LogP contribution is 2.23. The zero-order chi connectivity index (χ0) is 13.4. The number of carbonyl (C=O) groups is 1. The summed E-state index contributed by atoms with van der Waals surface area (Å²) in [5.41, 5.74) is 6.50. The zero-order valence-corrected chi connectivity index (χ0v) is 11.1. The second-order valence-corrected chi connectivity index (χ2v) is 5.14. The van der Waals surface area contributed by atoms with Crippen molar-refractivity contribution in [3.05, 3.63) is 41.2 Å². The van der Waals surface area contributed by atoms with Gasteiger partial charge in [-0.15, -0.1) is 0 Å². The minimum atomic E-state index is -0.365. The second-order valence-electron chi connectivity index (χ2n) is 4.78. The summed E-state index contributed by atoms with van der Waals surface area (Å²) < 4.78 is 0. The number of benzene rings is 1. The molecule has 4 nitrogen and oxygen atoms in total. The van der Waals surface area contributed by atoms with Gasteiger partial charge in [0.1, 0.15) is 5.15 Å². The number of halogens is 1. The van der Waals surface area contributed by atoms with Crippen LogP contribution in [-0.4, -0.2) is 28.4 Å². The van der Waals surface area contributed by atoms with Crippen LogP contribution >= 0.6 is 11.6 Å². The molecule has 0 bridgehead atoms. The first kappa shape index (κ1) is 12.4. The van der Waals surface area contributed by atoms with Crippen molar-refractivity contribution >= 4 is 28.3 Å². The molecule has 19 heavy (non-hydrogen) atoms. The first-order valence-electron chi connectivity index (χ1n) is 6.23. The van der Waals surface area contributed by atoms with Crippen molar-refractivity contribution in [2.45, 2.75) is 19.0 Å². The van der Waals surface area contributed by atoms with E-state index in [0.717, 1.165) is 16.5 Å². The lowest BCUT2D eigenvalue weighted by Crippen LogP contribution is -2.33. The fourth-order valence-electron chi connectivity index (χ4n) is 2.41. The van der Waals surface area contributed by atoms with Crippen molar-refractivity contribution in [3.8, 4) is 0 Å². The predicted molar refractivity (Wildman–Crippen MR) is 74.8 cm³/mol. The highest BCUT2D eigenvalue weighted by Gasteiger charge is 2.28. The van der Waals surface area contributed by atoms with Crippen molar-refractivity contribution in [2.75, 3.05) is 6.54 Å². The number of aromatic nitrogens is 1. The molecule has 1 aliphatic heterocycles. The zero-order valence-electron chi connectivity index (χ0n) is 10.3. The maximum Gasteiger partial charge on any atom is 0.239 e. The number of likely N-dealkylation sites (tertiary alicyclic amines) is 1. The number of hydrogen-bond donors (Lipinski definition) is 1. The quantitative estimate of drug-likeness (QED) is 0.852. The lowest BCUT2D eigenvalue weighted by Gasteiger charge is -2.16. The average Bonchev–Trinajstić information content (AvgIpc) is 2.71. The van der Waals surface area contributed by atoms with Gasteiger partial charge >= 0.3 is 0 Å². The molecule has 0 saturated carbocycles. The Balaban J connectivity index is 1.91. The average molecular weight is 276 g/mol. The molecule has 1 aliphatic rings. The van der Waals surface area contributed by atoms with Crippen LogP contribution in [0, 0.1) is 0 Å². The third-order valence-electron chi connectivity index (χ3n) is 3.44. The molecule has 1 saturated heterocycles. The van der Waals surface area contributed by atoms with Crippen LogP contribution in [0.2, 0.25) is 5.15 Å². The molecule has 2 aromatic rings. The van der Waals surface area contributed by atoms with Gasteiger partial charge in [0.05, 0.1) is 18.3 Å². The van der Waals surface area contributed by atoms with E-state index in [0.29, 0.717) is 24.7 Å². The Morgan fingerprint density at radius 1 is 1.42 bits per heavy atom. The molecule has 1 amide bonds.